The van der Waals surface area contributed by atoms with E-state index in [0.717, 1.165) is 6.07 Å². The maximum absolute atomic E-state index is 12.8. The van der Waals surface area contributed by atoms with Gasteiger partial charge in [-0.3, -0.25) is 4.79 Å². The molecule has 1 aliphatic heterocycles. The summed E-state index contributed by atoms with van der Waals surface area (Å²) in [6.07, 6.45) is -8.34. The Kier molecular flexibility index (Phi) is 5.78. The Morgan fingerprint density at radius 2 is 1.58 bits per heavy atom. The zero-order chi connectivity index (χ0) is 24.0. The summed E-state index contributed by atoms with van der Waals surface area (Å²) in [5.74, 6) is -3.43. The van der Waals surface area contributed by atoms with Gasteiger partial charge in [0.25, 0.3) is 0 Å². The number of phenolic OH excluding ortho intramolecular Hbond substituents is 3. The lowest BCUT2D eigenvalue weighted by molar-refractivity contribution is -0.277. The zero-order valence-corrected chi connectivity index (χ0v) is 16.7. The van der Waals surface area contributed by atoms with Crippen molar-refractivity contribution in [2.75, 3.05) is 6.61 Å². The molecule has 8 N–H and O–H groups in total. The number of phenols is 3. The normalized spacial score (nSPS) is 25.3. The van der Waals surface area contributed by atoms with Gasteiger partial charge in [0.1, 0.15) is 41.3 Å². The number of hydrogen-bond donors (Lipinski definition) is 8. The van der Waals surface area contributed by atoms with E-state index in [0.29, 0.717) is 0 Å². The van der Waals surface area contributed by atoms with Crippen LogP contribution in [0.25, 0.3) is 22.3 Å². The van der Waals surface area contributed by atoms with E-state index in [9.17, 15) is 45.6 Å². The molecule has 12 heteroatoms. The molecule has 5 atom stereocenters. The average Bonchev–Trinajstić information content (AvgIpc) is 2.78. The van der Waals surface area contributed by atoms with E-state index >= 15 is 0 Å². The molecule has 2 unspecified atom stereocenters. The minimum absolute atomic E-state index is 0.0942. The predicted molar refractivity (Wildman–Crippen MR) is 109 cm³/mol. The monoisotopic (exact) mass is 464 g/mol. The Balaban J connectivity index is 1.88. The summed E-state index contributed by atoms with van der Waals surface area (Å²) < 4.78 is 16.3. The van der Waals surface area contributed by atoms with Gasteiger partial charge in [-0.25, -0.2) is 0 Å². The first-order valence-electron chi connectivity index (χ1n) is 9.65. The van der Waals surface area contributed by atoms with Crippen LogP contribution in [0.15, 0.2) is 39.5 Å². The van der Waals surface area contributed by atoms with Gasteiger partial charge >= 0.3 is 0 Å². The van der Waals surface area contributed by atoms with Gasteiger partial charge in [-0.1, -0.05) is 0 Å². The third-order valence-corrected chi connectivity index (χ3v) is 5.27. The summed E-state index contributed by atoms with van der Waals surface area (Å²) in [7, 11) is 0. The fourth-order valence-electron chi connectivity index (χ4n) is 3.51. The Morgan fingerprint density at radius 1 is 0.909 bits per heavy atom. The molecule has 0 spiro atoms. The van der Waals surface area contributed by atoms with Crippen LogP contribution in [0.2, 0.25) is 0 Å². The van der Waals surface area contributed by atoms with Crippen molar-refractivity contribution in [2.24, 2.45) is 0 Å². The Morgan fingerprint density at radius 3 is 2.21 bits per heavy atom. The lowest BCUT2D eigenvalue weighted by Crippen LogP contribution is -2.60. The van der Waals surface area contributed by atoms with Crippen molar-refractivity contribution < 1.29 is 54.7 Å². The van der Waals surface area contributed by atoms with E-state index in [-0.39, 0.29) is 17.1 Å². The van der Waals surface area contributed by atoms with Gasteiger partial charge < -0.3 is 54.7 Å². The number of benzene rings is 2. The maximum Gasteiger partial charge on any atom is 0.238 e. The van der Waals surface area contributed by atoms with Crippen molar-refractivity contribution in [1.82, 2.24) is 0 Å². The zero-order valence-electron chi connectivity index (χ0n) is 16.7. The highest BCUT2D eigenvalue weighted by Gasteiger charge is 2.45. The molecular weight excluding hydrogens is 444 g/mol. The van der Waals surface area contributed by atoms with Crippen molar-refractivity contribution in [3.63, 3.8) is 0 Å². The predicted octanol–water partition coefficient (Wildman–Crippen LogP) is -0.539. The third kappa shape index (κ3) is 3.79. The van der Waals surface area contributed by atoms with Crippen LogP contribution in [-0.4, -0.2) is 78.2 Å². The summed E-state index contributed by atoms with van der Waals surface area (Å²) in [6, 6.07) is 5.94. The molecule has 1 saturated heterocycles. The molecule has 12 nitrogen and oxygen atoms in total. The van der Waals surface area contributed by atoms with Crippen LogP contribution in [0.4, 0.5) is 0 Å². The first kappa shape index (κ1) is 22.6. The lowest BCUT2D eigenvalue weighted by Gasteiger charge is -2.39. The summed E-state index contributed by atoms with van der Waals surface area (Å²) in [4.78, 5) is 12.8. The highest BCUT2D eigenvalue weighted by Crippen LogP contribution is 2.43. The summed E-state index contributed by atoms with van der Waals surface area (Å²) in [5.41, 5.74) is -1.45. The average molecular weight is 464 g/mol. The van der Waals surface area contributed by atoms with Crippen molar-refractivity contribution in [2.45, 2.75) is 30.7 Å². The van der Waals surface area contributed by atoms with Crippen molar-refractivity contribution in [3.05, 3.63) is 40.6 Å². The Labute approximate surface area is 184 Å². The van der Waals surface area contributed by atoms with Crippen LogP contribution >= 0.6 is 0 Å². The smallest absolute Gasteiger partial charge is 0.238 e. The van der Waals surface area contributed by atoms with E-state index < -0.39 is 76.7 Å². The van der Waals surface area contributed by atoms with E-state index in [1.54, 1.807) is 0 Å². The number of ether oxygens (including phenoxy) is 2. The summed E-state index contributed by atoms with van der Waals surface area (Å²) in [5, 5.41) is 79.3. The maximum atomic E-state index is 12.8. The minimum Gasteiger partial charge on any atom is -0.508 e. The quantitative estimate of drug-likeness (QED) is 0.245. The third-order valence-electron chi connectivity index (χ3n) is 5.27. The first-order valence-corrected chi connectivity index (χ1v) is 9.65. The van der Waals surface area contributed by atoms with Crippen molar-refractivity contribution >= 4 is 11.0 Å². The lowest BCUT2D eigenvalue weighted by atomic mass is 9.99. The van der Waals surface area contributed by atoms with Crippen LogP contribution in [0.5, 0.6) is 28.7 Å². The second-order valence-corrected chi connectivity index (χ2v) is 7.42. The summed E-state index contributed by atoms with van der Waals surface area (Å²) >= 11 is 0. The van der Waals surface area contributed by atoms with Gasteiger partial charge in [0.05, 0.1) is 6.61 Å². The largest absolute Gasteiger partial charge is 0.508 e. The highest BCUT2D eigenvalue weighted by atomic mass is 16.7. The second kappa shape index (κ2) is 8.42. The molecule has 0 aliphatic carbocycles. The Bertz CT molecular complexity index is 1230. The van der Waals surface area contributed by atoms with Crippen LogP contribution in [0.3, 0.4) is 0 Å². The molecule has 4 rings (SSSR count). The fourth-order valence-corrected chi connectivity index (χ4v) is 3.51. The number of aliphatic hydroxyl groups excluding tert-OH is 4. The van der Waals surface area contributed by atoms with Crippen LogP contribution < -0.4 is 10.2 Å². The SMILES string of the molecule is O=c1c(O)c(-c2ccc(O)cc2)oc2c(O[C@@H]3OC(CO)[C@@H](O)[C@H](O)C3O)c(O)cc(O)c12. The molecule has 0 radical (unpaired) electrons. The topological polar surface area (TPSA) is 211 Å². The molecular formula is C21H20O12. The van der Waals surface area contributed by atoms with Crippen LogP contribution in [0.1, 0.15) is 0 Å². The number of aromatic hydroxyl groups is 4. The van der Waals surface area contributed by atoms with Crippen LogP contribution in [-0.2, 0) is 4.74 Å². The van der Waals surface area contributed by atoms with Crippen LogP contribution in [0, 0.1) is 0 Å². The van der Waals surface area contributed by atoms with E-state index in [1.165, 1.54) is 24.3 Å². The molecule has 1 fully saturated rings. The van der Waals surface area contributed by atoms with Gasteiger partial charge in [-0.05, 0) is 24.3 Å². The molecule has 0 amide bonds. The van der Waals surface area contributed by atoms with Crippen molar-refractivity contribution in [1.29, 1.82) is 0 Å². The number of fused-ring (bicyclic) bond motifs is 1. The molecule has 0 bridgehead atoms. The number of aliphatic hydroxyl groups is 4. The fraction of sp³-hybridized carbons (Fsp3) is 0.286. The Hall–Kier alpha value is -3.55. The molecule has 1 aromatic heterocycles. The molecule has 176 valence electrons. The molecule has 0 saturated carbocycles. The molecule has 2 aromatic carbocycles. The van der Waals surface area contributed by atoms with Crippen molar-refractivity contribution in [3.8, 4) is 40.1 Å². The molecule has 33 heavy (non-hydrogen) atoms. The number of rotatable bonds is 4. The van der Waals surface area contributed by atoms with Gasteiger partial charge in [-0.2, -0.15) is 0 Å². The molecule has 3 aromatic rings. The van der Waals surface area contributed by atoms with Gasteiger partial charge in [0, 0.05) is 11.6 Å². The van der Waals surface area contributed by atoms with E-state index in [4.69, 9.17) is 13.9 Å². The highest BCUT2D eigenvalue weighted by molar-refractivity contribution is 5.93. The van der Waals surface area contributed by atoms with Gasteiger partial charge in [0.2, 0.25) is 23.2 Å². The first-order chi connectivity index (χ1) is 15.6. The standard InChI is InChI=1S/C21H20O12/c22-6-11-13(26)15(28)17(30)21(31-11)33-19-10(25)5-9(24)12-14(27)16(29)18(32-20(12)19)7-1-3-8(23)4-2-7/h1-5,11,13,15,17,21-26,28-30H,6H2/t11?,13-,15+,17?,21+/m1/s1. The van der Waals surface area contributed by atoms with E-state index in [2.05, 4.69) is 0 Å². The number of hydrogen-bond acceptors (Lipinski definition) is 12. The minimum atomic E-state index is -1.84. The molecule has 2 heterocycles. The van der Waals surface area contributed by atoms with E-state index in [1.807, 2.05) is 0 Å². The van der Waals surface area contributed by atoms with Gasteiger partial charge in [0.15, 0.2) is 17.1 Å². The summed E-state index contributed by atoms with van der Waals surface area (Å²) in [6.45, 7) is -0.735. The van der Waals surface area contributed by atoms with Gasteiger partial charge in [-0.15, -0.1) is 0 Å². The molecule has 1 aliphatic rings. The second-order valence-electron chi connectivity index (χ2n) is 7.42.